The Bertz CT molecular complexity index is 991. The molecule has 45 heavy (non-hydrogen) atoms. The van der Waals surface area contributed by atoms with E-state index >= 15 is 0 Å². The van der Waals surface area contributed by atoms with E-state index in [1.54, 1.807) is 55.9 Å². The maximum absolute atomic E-state index is 13.5. The summed E-state index contributed by atoms with van der Waals surface area (Å²) in [6.07, 6.45) is -0.744. The molecule has 0 spiro atoms. The molecule has 3 aliphatic rings. The summed E-state index contributed by atoms with van der Waals surface area (Å²) in [4.78, 5) is 66.9. The fourth-order valence-corrected chi connectivity index (χ4v) is 9.47. The van der Waals surface area contributed by atoms with Gasteiger partial charge in [0.15, 0.2) is 0 Å². The SMILES string of the molecule is CN(CCS)C1C(N(C=O)CCSSCCN2C(=O)N(CCS)C3C2N(CCS)C(=O)N3CCS)N(CCS)C(=O)N1CCS. The van der Waals surface area contributed by atoms with Gasteiger partial charge in [0.25, 0.3) is 0 Å². The lowest BCUT2D eigenvalue weighted by atomic mass is 10.2. The van der Waals surface area contributed by atoms with Crippen LogP contribution < -0.4 is 0 Å². The number of likely N-dealkylation sites (N-methyl/N-ethyl adjacent to an activating group) is 1. The van der Waals surface area contributed by atoms with Crippen molar-refractivity contribution in [3.63, 3.8) is 0 Å². The molecule has 3 fully saturated rings. The van der Waals surface area contributed by atoms with Crippen LogP contribution in [0.2, 0.25) is 0 Å². The summed E-state index contributed by atoms with van der Waals surface area (Å²) in [6, 6.07) is -0.330. The second kappa shape index (κ2) is 19.9. The average molecular weight is 779 g/mol. The number of hydrogen-bond acceptors (Lipinski definition) is 13. The third-order valence-corrected chi connectivity index (χ3v) is 11.5. The molecule has 20 heteroatoms. The van der Waals surface area contributed by atoms with E-state index in [9.17, 15) is 19.2 Å². The number of fused-ring (bicyclic) bond motifs is 1. The van der Waals surface area contributed by atoms with Gasteiger partial charge in [-0.1, -0.05) is 21.6 Å². The lowest BCUT2D eigenvalue weighted by Crippen LogP contribution is -2.57. The summed E-state index contributed by atoms with van der Waals surface area (Å²) < 4.78 is 0. The molecule has 0 aromatic carbocycles. The highest BCUT2D eigenvalue weighted by molar-refractivity contribution is 8.76. The van der Waals surface area contributed by atoms with Crippen molar-refractivity contribution in [3.05, 3.63) is 0 Å². The molecule has 258 valence electrons. The Labute approximate surface area is 308 Å². The first-order valence-corrected chi connectivity index (χ1v) is 21.1. The summed E-state index contributed by atoms with van der Waals surface area (Å²) in [7, 11) is 5.17. The number of thiol groups is 6. The van der Waals surface area contributed by atoms with Crippen molar-refractivity contribution in [2.45, 2.75) is 24.7 Å². The minimum absolute atomic E-state index is 0.102. The zero-order valence-electron chi connectivity index (χ0n) is 25.4. The van der Waals surface area contributed by atoms with Gasteiger partial charge in [0, 0.05) is 98.4 Å². The fraction of sp³-hybridized carbons (Fsp3) is 0.840. The molecule has 3 rings (SSSR count). The number of hydrogen-bond donors (Lipinski definition) is 6. The highest BCUT2D eigenvalue weighted by atomic mass is 33.1. The standard InChI is InChI=1S/C25H46N8O4S8/c1-26(2-10-38)19-20(29(4-12-40)23(35)28(19)3-11-39)27(18-34)8-16-44-45-17-9-33-22-21(31(6-14-42)25(33)37)30(5-13-41)24(36)32(22)7-15-43/h18-22,38-43H,2-17H2,1H3. The quantitative estimate of drug-likeness (QED) is 0.0433. The Morgan fingerprint density at radius 2 is 0.978 bits per heavy atom. The topological polar surface area (TPSA) is 94.2 Å². The van der Waals surface area contributed by atoms with Gasteiger partial charge in [-0.3, -0.25) is 34.2 Å². The second-order valence-electron chi connectivity index (χ2n) is 10.5. The van der Waals surface area contributed by atoms with Gasteiger partial charge < -0.3 is 9.80 Å². The van der Waals surface area contributed by atoms with Crippen LogP contribution in [0, 0.1) is 0 Å². The van der Waals surface area contributed by atoms with Crippen molar-refractivity contribution in [1.29, 1.82) is 0 Å². The Morgan fingerprint density at radius 1 is 0.578 bits per heavy atom. The van der Waals surface area contributed by atoms with Gasteiger partial charge in [0.1, 0.15) is 24.7 Å². The van der Waals surface area contributed by atoms with Crippen LogP contribution in [0.25, 0.3) is 0 Å². The predicted octanol–water partition coefficient (Wildman–Crippen LogP) is 1.85. The predicted molar refractivity (Wildman–Crippen MR) is 205 cm³/mol. The van der Waals surface area contributed by atoms with Crippen molar-refractivity contribution in [1.82, 2.24) is 39.2 Å². The van der Waals surface area contributed by atoms with Gasteiger partial charge in [-0.25, -0.2) is 14.4 Å². The largest absolute Gasteiger partial charge is 0.323 e. The van der Waals surface area contributed by atoms with E-state index < -0.39 is 12.3 Å². The van der Waals surface area contributed by atoms with E-state index in [2.05, 4.69) is 80.7 Å². The third-order valence-electron chi connectivity index (χ3n) is 7.94. The van der Waals surface area contributed by atoms with E-state index in [0.717, 1.165) is 6.41 Å². The molecule has 12 nitrogen and oxygen atoms in total. The molecular weight excluding hydrogens is 733 g/mol. The number of carbonyl (C=O) groups excluding carboxylic acids is 4. The van der Waals surface area contributed by atoms with E-state index in [4.69, 9.17) is 0 Å². The Hall–Kier alpha value is 0.0400. The normalized spacial score (nSPS) is 23.4. The van der Waals surface area contributed by atoms with Crippen LogP contribution in [-0.2, 0) is 4.79 Å². The third kappa shape index (κ3) is 8.99. The Kier molecular flexibility index (Phi) is 17.5. The molecule has 0 aliphatic carbocycles. The van der Waals surface area contributed by atoms with Crippen LogP contribution in [0.4, 0.5) is 14.4 Å². The summed E-state index contributed by atoms with van der Waals surface area (Å²) in [6.45, 7) is 3.77. The first kappa shape index (κ1) is 39.5. The molecule has 0 bridgehead atoms. The number of amides is 7. The average Bonchev–Trinajstić information content (AvgIpc) is 3.55. The highest BCUT2D eigenvalue weighted by Crippen LogP contribution is 2.36. The zero-order valence-corrected chi connectivity index (χ0v) is 32.4. The molecule has 3 saturated heterocycles. The first-order chi connectivity index (χ1) is 21.8. The highest BCUT2D eigenvalue weighted by Gasteiger charge is 2.58. The van der Waals surface area contributed by atoms with E-state index in [1.807, 2.05) is 7.05 Å². The molecule has 3 aliphatic heterocycles. The fourth-order valence-electron chi connectivity index (χ4n) is 6.13. The lowest BCUT2D eigenvalue weighted by molar-refractivity contribution is -0.124. The molecule has 7 amide bonds. The summed E-state index contributed by atoms with van der Waals surface area (Å²) in [5.74, 6) is 4.35. The summed E-state index contributed by atoms with van der Waals surface area (Å²) >= 11 is 26.2. The molecule has 4 unspecified atom stereocenters. The van der Waals surface area contributed by atoms with Gasteiger partial charge in [-0.05, 0) is 7.05 Å². The molecule has 4 atom stereocenters. The van der Waals surface area contributed by atoms with E-state index in [-0.39, 0.29) is 30.4 Å². The number of rotatable bonds is 22. The minimum Gasteiger partial charge on any atom is -0.321 e. The van der Waals surface area contributed by atoms with Gasteiger partial charge in [-0.15, -0.1) is 0 Å². The molecule has 0 saturated carbocycles. The van der Waals surface area contributed by atoms with Gasteiger partial charge >= 0.3 is 18.1 Å². The van der Waals surface area contributed by atoms with Crippen LogP contribution in [-0.4, -0.2) is 194 Å². The number of carbonyl (C=O) groups is 4. The first-order valence-electron chi connectivity index (χ1n) is 14.8. The molecule has 0 aromatic rings. The van der Waals surface area contributed by atoms with E-state index in [1.165, 1.54) is 0 Å². The second-order valence-corrected chi connectivity index (χ2v) is 15.9. The van der Waals surface area contributed by atoms with Gasteiger partial charge in [0.2, 0.25) is 6.41 Å². The van der Waals surface area contributed by atoms with Crippen LogP contribution in [0.15, 0.2) is 0 Å². The summed E-state index contributed by atoms with van der Waals surface area (Å²) in [5, 5.41) is 0. The molecular formula is C25H46N8O4S8. The number of nitrogens with zero attached hydrogens (tertiary/aromatic N) is 8. The lowest BCUT2D eigenvalue weighted by Gasteiger charge is -2.39. The number of urea groups is 3. The van der Waals surface area contributed by atoms with Crippen molar-refractivity contribution < 1.29 is 19.2 Å². The molecule has 0 aromatic heterocycles. The smallest absolute Gasteiger partial charge is 0.321 e. The molecule has 0 radical (unpaired) electrons. The van der Waals surface area contributed by atoms with Crippen molar-refractivity contribution >= 4 is 122 Å². The maximum Gasteiger partial charge on any atom is 0.323 e. The van der Waals surface area contributed by atoms with Crippen LogP contribution in [0.3, 0.4) is 0 Å². The minimum atomic E-state index is -0.465. The van der Waals surface area contributed by atoms with E-state index in [0.29, 0.717) is 98.4 Å². The van der Waals surface area contributed by atoms with Crippen molar-refractivity contribution in [2.24, 2.45) is 0 Å². The molecule has 3 heterocycles. The molecule has 0 N–H and O–H groups in total. The van der Waals surface area contributed by atoms with Crippen LogP contribution in [0.1, 0.15) is 0 Å². The van der Waals surface area contributed by atoms with Crippen LogP contribution >= 0.6 is 97.4 Å². The van der Waals surface area contributed by atoms with Crippen molar-refractivity contribution in [3.8, 4) is 0 Å². The zero-order chi connectivity index (χ0) is 33.1. The van der Waals surface area contributed by atoms with Gasteiger partial charge in [0.05, 0.1) is 0 Å². The van der Waals surface area contributed by atoms with Gasteiger partial charge in [-0.2, -0.15) is 75.8 Å². The Balaban J connectivity index is 1.64. The van der Waals surface area contributed by atoms with Crippen LogP contribution in [0.5, 0.6) is 0 Å². The van der Waals surface area contributed by atoms with Crippen molar-refractivity contribution in [2.75, 3.05) is 105 Å². The maximum atomic E-state index is 13.5. The summed E-state index contributed by atoms with van der Waals surface area (Å²) in [5.41, 5.74) is 0. The monoisotopic (exact) mass is 778 g/mol. The Morgan fingerprint density at radius 3 is 1.42 bits per heavy atom.